The molecule has 1 rings (SSSR count). The molecule has 0 saturated carbocycles. The first kappa shape index (κ1) is 16.2. The Morgan fingerprint density at radius 3 is 2.22 bits per heavy atom. The van der Waals surface area contributed by atoms with Crippen LogP contribution in [0.4, 0.5) is 0 Å². The highest BCUT2D eigenvalue weighted by Gasteiger charge is 2.15. The third-order valence-corrected chi connectivity index (χ3v) is 4.29. The van der Waals surface area contributed by atoms with Crippen LogP contribution in [-0.2, 0) is 0 Å². The number of rotatable bonds is 7. The van der Waals surface area contributed by atoms with Gasteiger partial charge in [0.2, 0.25) is 0 Å². The third kappa shape index (κ3) is 5.41. The summed E-state index contributed by atoms with van der Waals surface area (Å²) in [6.45, 7) is 4.43. The fraction of sp³-hybridized carbons (Fsp3) is 0.600. The van der Waals surface area contributed by atoms with Crippen molar-refractivity contribution in [2.75, 3.05) is 0 Å². The van der Waals surface area contributed by atoms with Crippen molar-refractivity contribution >= 4 is 31.9 Å². The number of aliphatic hydroxyl groups is 1. The van der Waals surface area contributed by atoms with Gasteiger partial charge in [0.25, 0.3) is 0 Å². The Bertz CT molecular complexity index is 345. The zero-order chi connectivity index (χ0) is 13.5. The van der Waals surface area contributed by atoms with Crippen LogP contribution >= 0.6 is 31.9 Å². The van der Waals surface area contributed by atoms with E-state index in [0.717, 1.165) is 27.4 Å². The van der Waals surface area contributed by atoms with Gasteiger partial charge in [-0.25, -0.2) is 0 Å². The molecular weight excluding hydrogens is 356 g/mol. The van der Waals surface area contributed by atoms with Crippen molar-refractivity contribution in [3.63, 3.8) is 0 Å². The molecule has 0 spiro atoms. The zero-order valence-corrected chi connectivity index (χ0v) is 14.3. The van der Waals surface area contributed by atoms with Gasteiger partial charge in [-0.05, 0) is 36.1 Å². The van der Waals surface area contributed by atoms with Crippen LogP contribution in [-0.4, -0.2) is 5.11 Å². The topological polar surface area (TPSA) is 20.2 Å². The summed E-state index contributed by atoms with van der Waals surface area (Å²) in [4.78, 5) is 0. The minimum absolute atomic E-state index is 0.361. The molecule has 3 heteroatoms. The van der Waals surface area contributed by atoms with Crippen LogP contribution < -0.4 is 0 Å². The van der Waals surface area contributed by atoms with E-state index in [1.165, 1.54) is 19.3 Å². The Morgan fingerprint density at radius 2 is 1.72 bits per heavy atom. The molecule has 0 aliphatic heterocycles. The molecule has 0 amide bonds. The number of unbranched alkanes of at least 4 members (excludes halogenated alkanes) is 1. The zero-order valence-electron chi connectivity index (χ0n) is 11.1. The van der Waals surface area contributed by atoms with E-state index in [4.69, 9.17) is 0 Å². The summed E-state index contributed by atoms with van der Waals surface area (Å²) in [7, 11) is 0. The molecule has 102 valence electrons. The van der Waals surface area contributed by atoms with Gasteiger partial charge >= 0.3 is 0 Å². The lowest BCUT2D eigenvalue weighted by Crippen LogP contribution is -2.07. The summed E-state index contributed by atoms with van der Waals surface area (Å²) in [5.41, 5.74) is 0.992. The van der Waals surface area contributed by atoms with Crippen molar-refractivity contribution in [2.24, 2.45) is 5.92 Å². The molecule has 0 heterocycles. The smallest absolute Gasteiger partial charge is 0.0793 e. The average molecular weight is 378 g/mol. The largest absolute Gasteiger partial charge is 0.388 e. The first-order valence-electron chi connectivity index (χ1n) is 6.70. The Labute approximate surface area is 127 Å². The van der Waals surface area contributed by atoms with E-state index in [2.05, 4.69) is 45.7 Å². The molecule has 0 aliphatic rings. The van der Waals surface area contributed by atoms with Crippen molar-refractivity contribution in [3.05, 3.63) is 32.7 Å². The van der Waals surface area contributed by atoms with E-state index < -0.39 is 0 Å². The van der Waals surface area contributed by atoms with Crippen LogP contribution in [0.15, 0.2) is 27.1 Å². The molecule has 0 aliphatic carbocycles. The van der Waals surface area contributed by atoms with Gasteiger partial charge in [0, 0.05) is 8.95 Å². The SMILES string of the molecule is CCCCC(CC)CC(O)c1cc(Br)cc(Br)c1. The molecule has 0 fully saturated rings. The van der Waals surface area contributed by atoms with E-state index in [9.17, 15) is 5.11 Å². The van der Waals surface area contributed by atoms with Crippen LogP contribution in [0.25, 0.3) is 0 Å². The standard InChI is InChI=1S/C15H22Br2O/c1-3-5-6-11(4-2)7-15(18)12-8-13(16)10-14(17)9-12/h8-11,15,18H,3-7H2,1-2H3. The second-order valence-electron chi connectivity index (χ2n) is 4.87. The van der Waals surface area contributed by atoms with E-state index in [0.29, 0.717) is 5.92 Å². The minimum atomic E-state index is -0.361. The fourth-order valence-electron chi connectivity index (χ4n) is 2.20. The summed E-state index contributed by atoms with van der Waals surface area (Å²) in [6.07, 6.45) is 5.36. The van der Waals surface area contributed by atoms with E-state index in [1.54, 1.807) is 0 Å². The summed E-state index contributed by atoms with van der Waals surface area (Å²) < 4.78 is 2.01. The summed E-state index contributed by atoms with van der Waals surface area (Å²) in [5.74, 6) is 0.623. The lowest BCUT2D eigenvalue weighted by atomic mass is 9.91. The van der Waals surface area contributed by atoms with Gasteiger partial charge in [0.1, 0.15) is 0 Å². The first-order valence-corrected chi connectivity index (χ1v) is 8.29. The van der Waals surface area contributed by atoms with Crippen molar-refractivity contribution in [1.82, 2.24) is 0 Å². The molecule has 2 unspecified atom stereocenters. The lowest BCUT2D eigenvalue weighted by Gasteiger charge is -2.19. The average Bonchev–Trinajstić information content (AvgIpc) is 2.32. The summed E-state index contributed by atoms with van der Waals surface area (Å²) in [5, 5.41) is 10.3. The highest BCUT2D eigenvalue weighted by molar-refractivity contribution is 9.11. The van der Waals surface area contributed by atoms with Crippen LogP contribution in [0.3, 0.4) is 0 Å². The second-order valence-corrected chi connectivity index (χ2v) is 6.70. The maximum absolute atomic E-state index is 10.3. The molecule has 1 nitrogen and oxygen atoms in total. The maximum atomic E-state index is 10.3. The molecule has 2 atom stereocenters. The number of aliphatic hydroxyl groups excluding tert-OH is 1. The summed E-state index contributed by atoms with van der Waals surface area (Å²) >= 11 is 6.93. The van der Waals surface area contributed by atoms with Crippen molar-refractivity contribution in [1.29, 1.82) is 0 Å². The minimum Gasteiger partial charge on any atom is -0.388 e. The van der Waals surface area contributed by atoms with Gasteiger partial charge in [-0.3, -0.25) is 0 Å². The van der Waals surface area contributed by atoms with Crippen LogP contribution in [0, 0.1) is 5.92 Å². The first-order chi connectivity index (χ1) is 8.56. The van der Waals surface area contributed by atoms with E-state index >= 15 is 0 Å². The van der Waals surface area contributed by atoms with Crippen LogP contribution in [0.1, 0.15) is 57.6 Å². The van der Waals surface area contributed by atoms with Gasteiger partial charge in [-0.15, -0.1) is 0 Å². The van der Waals surface area contributed by atoms with Gasteiger partial charge in [0.15, 0.2) is 0 Å². The Balaban J connectivity index is 2.65. The maximum Gasteiger partial charge on any atom is 0.0793 e. The normalized spacial score (nSPS) is 14.5. The number of halogens is 2. The monoisotopic (exact) mass is 376 g/mol. The highest BCUT2D eigenvalue weighted by atomic mass is 79.9. The van der Waals surface area contributed by atoms with Gasteiger partial charge in [-0.2, -0.15) is 0 Å². The molecule has 18 heavy (non-hydrogen) atoms. The van der Waals surface area contributed by atoms with Crippen molar-refractivity contribution < 1.29 is 5.11 Å². The van der Waals surface area contributed by atoms with Gasteiger partial charge < -0.3 is 5.11 Å². The van der Waals surface area contributed by atoms with Crippen molar-refractivity contribution in [3.8, 4) is 0 Å². The number of hydrogen-bond donors (Lipinski definition) is 1. The van der Waals surface area contributed by atoms with Crippen LogP contribution in [0.5, 0.6) is 0 Å². The molecule has 1 aromatic carbocycles. The quantitative estimate of drug-likeness (QED) is 0.631. The summed E-state index contributed by atoms with van der Waals surface area (Å²) in [6, 6.07) is 5.99. The van der Waals surface area contributed by atoms with Crippen molar-refractivity contribution in [2.45, 2.75) is 52.1 Å². The second kappa shape index (κ2) is 8.34. The van der Waals surface area contributed by atoms with E-state index in [1.807, 2.05) is 18.2 Å². The fourth-order valence-corrected chi connectivity index (χ4v) is 3.53. The Morgan fingerprint density at radius 1 is 1.11 bits per heavy atom. The molecule has 1 N–H and O–H groups in total. The highest BCUT2D eigenvalue weighted by Crippen LogP contribution is 2.30. The third-order valence-electron chi connectivity index (χ3n) is 3.37. The molecule has 0 bridgehead atoms. The molecular formula is C15H22Br2O. The predicted octanol–water partition coefficient (Wildman–Crippen LogP) is 5.85. The van der Waals surface area contributed by atoms with E-state index in [-0.39, 0.29) is 6.10 Å². The predicted molar refractivity (Wildman–Crippen MR) is 84.7 cm³/mol. The van der Waals surface area contributed by atoms with Crippen LogP contribution in [0.2, 0.25) is 0 Å². The molecule has 0 saturated heterocycles. The van der Waals surface area contributed by atoms with Gasteiger partial charge in [0.05, 0.1) is 6.10 Å². The Kier molecular flexibility index (Phi) is 7.50. The number of benzene rings is 1. The molecule has 1 aromatic rings. The number of hydrogen-bond acceptors (Lipinski definition) is 1. The van der Waals surface area contributed by atoms with Gasteiger partial charge in [-0.1, -0.05) is 71.4 Å². The molecule has 0 radical (unpaired) electrons. The lowest BCUT2D eigenvalue weighted by molar-refractivity contribution is 0.139. The molecule has 0 aromatic heterocycles. The Hall–Kier alpha value is 0.140.